The van der Waals surface area contributed by atoms with Gasteiger partial charge >= 0.3 is 5.76 Å². The number of benzene rings is 1. The molecule has 1 unspecified atom stereocenters. The summed E-state index contributed by atoms with van der Waals surface area (Å²) in [7, 11) is -2.25. The van der Waals surface area contributed by atoms with Crippen LogP contribution in [-0.2, 0) is 17.1 Å². The van der Waals surface area contributed by atoms with E-state index in [4.69, 9.17) is 9.52 Å². The highest BCUT2D eigenvalue weighted by Gasteiger charge is 2.20. The molecule has 2 rings (SSSR count). The minimum atomic E-state index is -3.75. The third-order valence-corrected chi connectivity index (χ3v) is 4.63. The molecule has 2 N–H and O–H groups in total. The van der Waals surface area contributed by atoms with Gasteiger partial charge in [0.15, 0.2) is 5.58 Å². The van der Waals surface area contributed by atoms with Crippen LogP contribution in [0.15, 0.2) is 32.3 Å². The van der Waals surface area contributed by atoms with E-state index >= 15 is 0 Å². The molecule has 1 aromatic carbocycles. The topological polar surface area (TPSA) is 102 Å². The summed E-state index contributed by atoms with van der Waals surface area (Å²) in [5.41, 5.74) is 0.723. The summed E-state index contributed by atoms with van der Waals surface area (Å²) in [6, 6.07) is 3.62. The van der Waals surface area contributed by atoms with E-state index in [1.54, 1.807) is 6.92 Å². The van der Waals surface area contributed by atoms with E-state index in [0.717, 1.165) is 0 Å². The number of aliphatic hydroxyl groups is 1. The number of aliphatic hydroxyl groups excluding tert-OH is 1. The van der Waals surface area contributed by atoms with E-state index in [-0.39, 0.29) is 11.5 Å². The second-order valence-electron chi connectivity index (χ2n) is 4.47. The lowest BCUT2D eigenvalue weighted by Crippen LogP contribution is -2.36. The van der Waals surface area contributed by atoms with Gasteiger partial charge in [-0.15, -0.1) is 0 Å². The van der Waals surface area contributed by atoms with E-state index in [0.29, 0.717) is 17.5 Å². The Bertz CT molecular complexity index is 771. The Labute approximate surface area is 115 Å². The summed E-state index contributed by atoms with van der Waals surface area (Å²) >= 11 is 0. The van der Waals surface area contributed by atoms with Crippen LogP contribution in [0.25, 0.3) is 11.1 Å². The largest absolute Gasteiger partial charge is 0.419 e. The predicted molar refractivity (Wildman–Crippen MR) is 72.9 cm³/mol. The number of hydrogen-bond acceptors (Lipinski definition) is 5. The molecule has 1 atom stereocenters. The van der Waals surface area contributed by atoms with Crippen molar-refractivity contribution < 1.29 is 17.9 Å². The van der Waals surface area contributed by atoms with Crippen molar-refractivity contribution in [2.45, 2.75) is 24.3 Å². The Balaban J connectivity index is 2.46. The smallest absolute Gasteiger partial charge is 0.408 e. The van der Waals surface area contributed by atoms with Gasteiger partial charge < -0.3 is 9.52 Å². The first-order valence-electron chi connectivity index (χ1n) is 6.11. The van der Waals surface area contributed by atoms with Crippen molar-refractivity contribution in [3.05, 3.63) is 28.7 Å². The molecule has 0 amide bonds. The Morgan fingerprint density at radius 1 is 1.45 bits per heavy atom. The average Bonchev–Trinajstić information content (AvgIpc) is 2.71. The molecule has 1 heterocycles. The van der Waals surface area contributed by atoms with Crippen LogP contribution in [0.4, 0.5) is 0 Å². The molecular weight excluding hydrogens is 284 g/mol. The lowest BCUT2D eigenvalue weighted by atomic mass is 10.3. The van der Waals surface area contributed by atoms with Gasteiger partial charge in [0, 0.05) is 13.1 Å². The molecule has 0 aliphatic rings. The zero-order chi connectivity index (χ0) is 14.9. The third-order valence-electron chi connectivity index (χ3n) is 3.11. The van der Waals surface area contributed by atoms with Crippen LogP contribution >= 0.6 is 0 Å². The summed E-state index contributed by atoms with van der Waals surface area (Å²) in [5, 5.41) is 9.07. The fraction of sp³-hybridized carbons (Fsp3) is 0.417. The van der Waals surface area contributed by atoms with Gasteiger partial charge in [-0.2, -0.15) is 0 Å². The maximum atomic E-state index is 12.2. The van der Waals surface area contributed by atoms with Gasteiger partial charge in [-0.25, -0.2) is 17.9 Å². The first-order valence-corrected chi connectivity index (χ1v) is 7.60. The Morgan fingerprint density at radius 2 is 2.15 bits per heavy atom. The van der Waals surface area contributed by atoms with Crippen LogP contribution in [-0.4, -0.2) is 30.7 Å². The quantitative estimate of drug-likeness (QED) is 0.820. The number of nitrogens with one attached hydrogen (secondary N) is 1. The van der Waals surface area contributed by atoms with Gasteiger partial charge in [0.1, 0.15) is 0 Å². The molecule has 0 spiro atoms. The zero-order valence-electron chi connectivity index (χ0n) is 11.2. The molecule has 0 fully saturated rings. The van der Waals surface area contributed by atoms with Crippen LogP contribution in [0.3, 0.4) is 0 Å². The molecule has 110 valence electrons. The first kappa shape index (κ1) is 14.8. The van der Waals surface area contributed by atoms with Crippen molar-refractivity contribution in [2.75, 3.05) is 6.61 Å². The van der Waals surface area contributed by atoms with E-state index in [1.165, 1.54) is 29.8 Å². The Hall–Kier alpha value is -1.64. The number of fused-ring (bicyclic) bond motifs is 1. The maximum Gasteiger partial charge on any atom is 0.419 e. The molecule has 0 saturated heterocycles. The number of sulfonamides is 1. The van der Waals surface area contributed by atoms with Crippen molar-refractivity contribution in [3.8, 4) is 0 Å². The van der Waals surface area contributed by atoms with Crippen LogP contribution in [0, 0.1) is 0 Å². The van der Waals surface area contributed by atoms with Crippen LogP contribution in [0.2, 0.25) is 0 Å². The molecular formula is C12H16N2O5S. The number of rotatable bonds is 5. The summed E-state index contributed by atoms with van der Waals surface area (Å²) in [5.74, 6) is -0.552. The average molecular weight is 300 g/mol. The summed E-state index contributed by atoms with van der Waals surface area (Å²) in [6.45, 7) is 1.49. The minimum Gasteiger partial charge on any atom is -0.408 e. The van der Waals surface area contributed by atoms with E-state index in [1.807, 2.05) is 0 Å². The molecule has 0 aliphatic carbocycles. The number of oxazole rings is 1. The molecule has 7 nitrogen and oxygen atoms in total. The second-order valence-corrected chi connectivity index (χ2v) is 6.18. The number of aryl methyl sites for hydroxylation is 1. The summed E-state index contributed by atoms with van der Waals surface area (Å²) in [6.07, 6.45) is 0.474. The molecule has 0 saturated carbocycles. The van der Waals surface area contributed by atoms with E-state index in [2.05, 4.69) is 4.72 Å². The monoisotopic (exact) mass is 300 g/mol. The Morgan fingerprint density at radius 3 is 2.75 bits per heavy atom. The van der Waals surface area contributed by atoms with Crippen LogP contribution in [0.1, 0.15) is 13.3 Å². The van der Waals surface area contributed by atoms with Crippen LogP contribution < -0.4 is 10.5 Å². The van der Waals surface area contributed by atoms with Gasteiger partial charge in [0.05, 0.1) is 17.0 Å². The van der Waals surface area contributed by atoms with Gasteiger partial charge in [0.2, 0.25) is 10.0 Å². The van der Waals surface area contributed by atoms with Gasteiger partial charge in [-0.3, -0.25) is 4.57 Å². The van der Waals surface area contributed by atoms with Gasteiger partial charge in [-0.05, 0) is 24.6 Å². The fourth-order valence-corrected chi connectivity index (χ4v) is 3.14. The predicted octanol–water partition coefficient (Wildman–Crippen LogP) is 0.181. The van der Waals surface area contributed by atoms with Crippen molar-refractivity contribution in [1.29, 1.82) is 0 Å². The highest BCUT2D eigenvalue weighted by Crippen LogP contribution is 2.18. The number of hydrogen-bond donors (Lipinski definition) is 2. The Kier molecular flexibility index (Phi) is 3.98. The van der Waals surface area contributed by atoms with Crippen LogP contribution in [0.5, 0.6) is 0 Å². The number of nitrogens with zero attached hydrogens (tertiary/aromatic N) is 1. The minimum absolute atomic E-state index is 0.0216. The van der Waals surface area contributed by atoms with Gasteiger partial charge in [0.25, 0.3) is 0 Å². The lowest BCUT2D eigenvalue weighted by Gasteiger charge is -2.14. The molecule has 1 aromatic heterocycles. The molecule has 8 heteroatoms. The third kappa shape index (κ3) is 2.62. The highest BCUT2D eigenvalue weighted by atomic mass is 32.2. The molecule has 0 bridgehead atoms. The first-order chi connectivity index (χ1) is 9.39. The lowest BCUT2D eigenvalue weighted by molar-refractivity contribution is 0.254. The van der Waals surface area contributed by atoms with Crippen molar-refractivity contribution in [1.82, 2.24) is 9.29 Å². The van der Waals surface area contributed by atoms with E-state index < -0.39 is 21.8 Å². The summed E-state index contributed by atoms with van der Waals surface area (Å²) in [4.78, 5) is 11.4. The fourth-order valence-electron chi connectivity index (χ4n) is 1.81. The van der Waals surface area contributed by atoms with Crippen molar-refractivity contribution in [3.63, 3.8) is 0 Å². The normalized spacial score (nSPS) is 13.8. The van der Waals surface area contributed by atoms with Gasteiger partial charge in [-0.1, -0.05) is 6.92 Å². The standard InChI is InChI=1S/C12H16N2O5S/c1-3-8(7-15)13-20(17,18)9-4-5-11-10(6-9)14(2)12(16)19-11/h4-6,8,13,15H,3,7H2,1-2H3. The van der Waals surface area contributed by atoms with E-state index in [9.17, 15) is 13.2 Å². The molecule has 20 heavy (non-hydrogen) atoms. The van der Waals surface area contributed by atoms with Crippen molar-refractivity contribution in [2.24, 2.45) is 7.05 Å². The summed E-state index contributed by atoms with van der Waals surface area (Å²) < 4.78 is 32.9. The second kappa shape index (κ2) is 5.39. The highest BCUT2D eigenvalue weighted by molar-refractivity contribution is 7.89. The molecule has 2 aromatic rings. The maximum absolute atomic E-state index is 12.2. The van der Waals surface area contributed by atoms with Crippen molar-refractivity contribution >= 4 is 21.1 Å². The SMILES string of the molecule is CCC(CO)NS(=O)(=O)c1ccc2oc(=O)n(C)c2c1. The number of aromatic nitrogens is 1. The molecule has 0 radical (unpaired) electrons. The zero-order valence-corrected chi connectivity index (χ0v) is 12.0. The molecule has 0 aliphatic heterocycles.